The predicted octanol–water partition coefficient (Wildman–Crippen LogP) is 2.85. The van der Waals surface area contributed by atoms with Gasteiger partial charge in [0.1, 0.15) is 5.69 Å². The number of amides is 2. The van der Waals surface area contributed by atoms with Crippen LogP contribution in [0.2, 0.25) is 0 Å². The molecule has 1 atom stereocenters. The van der Waals surface area contributed by atoms with Crippen LogP contribution in [0.5, 0.6) is 0 Å². The highest BCUT2D eigenvalue weighted by Gasteiger charge is 2.48. The normalized spacial score (nSPS) is 24.7. The van der Waals surface area contributed by atoms with Gasteiger partial charge in [-0.25, -0.2) is 4.98 Å². The molecule has 0 N–H and O–H groups in total. The van der Waals surface area contributed by atoms with E-state index in [0.717, 1.165) is 45.4 Å². The zero-order valence-electron chi connectivity index (χ0n) is 16.5. The van der Waals surface area contributed by atoms with E-state index < -0.39 is 0 Å². The zero-order valence-corrected chi connectivity index (χ0v) is 16.5. The molecule has 4 rings (SSSR count). The summed E-state index contributed by atoms with van der Waals surface area (Å²) in [4.78, 5) is 33.8. The van der Waals surface area contributed by atoms with Crippen molar-refractivity contribution in [3.63, 3.8) is 0 Å². The maximum atomic E-state index is 13.0. The summed E-state index contributed by atoms with van der Waals surface area (Å²) in [6.07, 6.45) is 13.5. The Hall–Kier alpha value is -1.85. The Morgan fingerprint density at radius 1 is 1.11 bits per heavy atom. The van der Waals surface area contributed by atoms with Crippen molar-refractivity contribution in [2.24, 2.45) is 18.4 Å². The highest BCUT2D eigenvalue weighted by Crippen LogP contribution is 2.49. The van der Waals surface area contributed by atoms with Crippen LogP contribution in [0, 0.1) is 11.3 Å². The lowest BCUT2D eigenvalue weighted by atomic mass is 9.66. The van der Waals surface area contributed by atoms with Crippen LogP contribution >= 0.6 is 0 Å². The molecule has 2 aliphatic heterocycles. The smallest absolute Gasteiger partial charge is 0.274 e. The van der Waals surface area contributed by atoms with Crippen LogP contribution in [-0.2, 0) is 11.8 Å². The van der Waals surface area contributed by atoms with Gasteiger partial charge < -0.3 is 14.4 Å². The molecule has 6 heteroatoms. The predicted molar refractivity (Wildman–Crippen MR) is 103 cm³/mol. The van der Waals surface area contributed by atoms with Crippen molar-refractivity contribution < 1.29 is 9.59 Å². The van der Waals surface area contributed by atoms with Gasteiger partial charge in [-0.15, -0.1) is 0 Å². The van der Waals surface area contributed by atoms with Crippen LogP contribution in [0.25, 0.3) is 0 Å². The highest BCUT2D eigenvalue weighted by atomic mass is 16.2. The molecule has 6 nitrogen and oxygen atoms in total. The Kier molecular flexibility index (Phi) is 5.24. The van der Waals surface area contributed by atoms with E-state index in [9.17, 15) is 9.59 Å². The molecule has 1 aromatic rings. The number of aryl methyl sites for hydroxylation is 1. The van der Waals surface area contributed by atoms with Gasteiger partial charge in [0.2, 0.25) is 5.91 Å². The average molecular weight is 373 g/mol. The van der Waals surface area contributed by atoms with Crippen LogP contribution < -0.4 is 0 Å². The second kappa shape index (κ2) is 7.64. The van der Waals surface area contributed by atoms with E-state index in [1.807, 2.05) is 21.4 Å². The molecule has 0 aromatic carbocycles. The first-order chi connectivity index (χ1) is 13.1. The molecule has 0 radical (unpaired) electrons. The van der Waals surface area contributed by atoms with Gasteiger partial charge >= 0.3 is 0 Å². The molecule has 1 aliphatic carbocycles. The number of hydrogen-bond acceptors (Lipinski definition) is 3. The van der Waals surface area contributed by atoms with Gasteiger partial charge in [0.05, 0.1) is 6.33 Å². The quantitative estimate of drug-likeness (QED) is 0.817. The first-order valence-electron chi connectivity index (χ1n) is 10.6. The molecule has 0 bridgehead atoms. The van der Waals surface area contributed by atoms with E-state index in [0.29, 0.717) is 23.9 Å². The van der Waals surface area contributed by atoms with Gasteiger partial charge in [-0.1, -0.05) is 19.3 Å². The SMILES string of the molecule is Cn1cnc(C(=O)N2CC(CCC(=O)N3CCCC3)C3(CCCCC3)C2)c1. The van der Waals surface area contributed by atoms with Gasteiger partial charge in [-0.2, -0.15) is 0 Å². The van der Waals surface area contributed by atoms with Crippen LogP contribution in [-0.4, -0.2) is 57.3 Å². The van der Waals surface area contributed by atoms with Crippen molar-refractivity contribution in [1.29, 1.82) is 0 Å². The number of carbonyl (C=O) groups excluding carboxylic acids is 2. The lowest BCUT2D eigenvalue weighted by molar-refractivity contribution is -0.130. The molecule has 3 fully saturated rings. The highest BCUT2D eigenvalue weighted by molar-refractivity contribution is 5.92. The molecule has 1 saturated carbocycles. The average Bonchev–Trinajstić information content (AvgIpc) is 3.41. The Bertz CT molecular complexity index is 686. The minimum atomic E-state index is 0.0499. The third kappa shape index (κ3) is 3.76. The van der Waals surface area contributed by atoms with E-state index in [1.54, 1.807) is 12.5 Å². The van der Waals surface area contributed by atoms with Gasteiger partial charge in [-0.05, 0) is 43.4 Å². The number of nitrogens with zero attached hydrogens (tertiary/aromatic N) is 4. The van der Waals surface area contributed by atoms with Crippen molar-refractivity contribution >= 4 is 11.8 Å². The number of imidazole rings is 1. The zero-order chi connectivity index (χ0) is 18.9. The van der Waals surface area contributed by atoms with Gasteiger partial charge in [-0.3, -0.25) is 9.59 Å². The Labute approximate surface area is 161 Å². The lowest BCUT2D eigenvalue weighted by Gasteiger charge is -2.38. The first kappa shape index (κ1) is 18.5. The molecule has 27 heavy (non-hydrogen) atoms. The lowest BCUT2D eigenvalue weighted by Crippen LogP contribution is -2.35. The second-order valence-electron chi connectivity index (χ2n) is 8.86. The minimum Gasteiger partial charge on any atom is -0.343 e. The second-order valence-corrected chi connectivity index (χ2v) is 8.86. The molecule has 148 valence electrons. The topological polar surface area (TPSA) is 58.4 Å². The molecule has 2 amide bonds. The fourth-order valence-electron chi connectivity index (χ4n) is 5.52. The molecule has 1 spiro atoms. The van der Waals surface area contributed by atoms with Crippen LogP contribution in [0.4, 0.5) is 0 Å². The number of aromatic nitrogens is 2. The van der Waals surface area contributed by atoms with E-state index in [4.69, 9.17) is 0 Å². The van der Waals surface area contributed by atoms with Gasteiger partial charge in [0.15, 0.2) is 0 Å². The summed E-state index contributed by atoms with van der Waals surface area (Å²) in [6, 6.07) is 0. The summed E-state index contributed by atoms with van der Waals surface area (Å²) in [7, 11) is 1.89. The molecule has 1 aromatic heterocycles. The molecular formula is C21H32N4O2. The maximum absolute atomic E-state index is 13.0. The fourth-order valence-corrected chi connectivity index (χ4v) is 5.52. The summed E-state index contributed by atoms with van der Waals surface area (Å²) >= 11 is 0. The van der Waals surface area contributed by atoms with Crippen LogP contribution in [0.3, 0.4) is 0 Å². The van der Waals surface area contributed by atoms with Crippen molar-refractivity contribution in [3.05, 3.63) is 18.2 Å². The summed E-state index contributed by atoms with van der Waals surface area (Å²) < 4.78 is 1.83. The third-order valence-electron chi connectivity index (χ3n) is 7.04. The van der Waals surface area contributed by atoms with Crippen molar-refractivity contribution in [2.45, 2.75) is 57.8 Å². The van der Waals surface area contributed by atoms with Crippen LogP contribution in [0.1, 0.15) is 68.3 Å². The van der Waals surface area contributed by atoms with Crippen molar-refractivity contribution in [1.82, 2.24) is 19.4 Å². The number of carbonyl (C=O) groups is 2. The summed E-state index contributed by atoms with van der Waals surface area (Å²) in [5, 5.41) is 0. The summed E-state index contributed by atoms with van der Waals surface area (Å²) in [5.74, 6) is 0.805. The molecule has 3 aliphatic rings. The molecule has 3 heterocycles. The van der Waals surface area contributed by atoms with E-state index in [2.05, 4.69) is 4.98 Å². The molecule has 1 unspecified atom stereocenters. The Balaban J connectivity index is 1.44. The monoisotopic (exact) mass is 372 g/mol. The Morgan fingerprint density at radius 2 is 1.85 bits per heavy atom. The third-order valence-corrected chi connectivity index (χ3v) is 7.04. The molecular weight excluding hydrogens is 340 g/mol. The van der Waals surface area contributed by atoms with Crippen molar-refractivity contribution in [3.8, 4) is 0 Å². The minimum absolute atomic E-state index is 0.0499. The first-order valence-corrected chi connectivity index (χ1v) is 10.6. The van der Waals surface area contributed by atoms with Gasteiger partial charge in [0, 0.05) is 45.8 Å². The number of likely N-dealkylation sites (tertiary alicyclic amines) is 2. The summed E-state index contributed by atoms with van der Waals surface area (Å²) in [5.41, 5.74) is 0.755. The van der Waals surface area contributed by atoms with Crippen molar-refractivity contribution in [2.75, 3.05) is 26.2 Å². The Morgan fingerprint density at radius 3 is 2.52 bits per heavy atom. The summed E-state index contributed by atoms with van der Waals surface area (Å²) in [6.45, 7) is 3.48. The van der Waals surface area contributed by atoms with E-state index in [-0.39, 0.29) is 11.3 Å². The largest absolute Gasteiger partial charge is 0.343 e. The van der Waals surface area contributed by atoms with E-state index >= 15 is 0 Å². The number of hydrogen-bond donors (Lipinski definition) is 0. The molecule has 2 saturated heterocycles. The maximum Gasteiger partial charge on any atom is 0.274 e. The standard InChI is InChI=1S/C21H32N4O2/c1-23-14-18(22-16-23)20(27)25-13-17(21(15-25)9-3-2-4-10-21)7-8-19(26)24-11-5-6-12-24/h14,16-17H,2-13,15H2,1H3. The number of rotatable bonds is 4. The fraction of sp³-hybridized carbons (Fsp3) is 0.762. The van der Waals surface area contributed by atoms with E-state index in [1.165, 1.54) is 32.1 Å². The van der Waals surface area contributed by atoms with Gasteiger partial charge in [0.25, 0.3) is 5.91 Å². The van der Waals surface area contributed by atoms with Crippen LogP contribution in [0.15, 0.2) is 12.5 Å².